The van der Waals surface area contributed by atoms with Crippen molar-refractivity contribution in [2.75, 3.05) is 19.3 Å². The first-order valence-corrected chi connectivity index (χ1v) is 10.5. The van der Waals surface area contributed by atoms with Crippen LogP contribution in [-0.4, -0.2) is 51.9 Å². The van der Waals surface area contributed by atoms with E-state index in [9.17, 15) is 9.59 Å². The molecule has 0 unspecified atom stereocenters. The number of likely N-dealkylation sites (N-methyl/N-ethyl adjacent to an activating group) is 1. The van der Waals surface area contributed by atoms with E-state index in [0.29, 0.717) is 10.00 Å². The number of aryl methyl sites for hydroxylation is 1. The molecule has 0 atom stereocenters. The fraction of sp³-hybridized carbons (Fsp3) is 0.412. The van der Waals surface area contributed by atoms with Gasteiger partial charge in [-0.3, -0.25) is 9.59 Å². The Morgan fingerprint density at radius 3 is 2.85 bits per heavy atom. The predicted molar refractivity (Wildman–Crippen MR) is 107 cm³/mol. The molecule has 26 heavy (non-hydrogen) atoms. The molecule has 2 amide bonds. The quantitative estimate of drug-likeness (QED) is 0.564. The van der Waals surface area contributed by atoms with E-state index in [1.54, 1.807) is 11.7 Å². The first-order chi connectivity index (χ1) is 12.4. The highest BCUT2D eigenvalue weighted by atomic mass is 32.2. The average Bonchev–Trinajstić information content (AvgIpc) is 3.33. The third-order valence-corrected chi connectivity index (χ3v) is 6.29. The highest BCUT2D eigenvalue weighted by molar-refractivity contribution is 8.01. The van der Waals surface area contributed by atoms with Gasteiger partial charge in [0, 0.05) is 13.1 Å². The summed E-state index contributed by atoms with van der Waals surface area (Å²) in [4.78, 5) is 25.5. The SMILES string of the molecule is Cc1ccccc1-n1nc(SCC(=O)N(C)CC(=O)NC2CC2)sc1=S. The standard InChI is InChI=1S/C17H20N4O2S3/c1-11-5-3-4-6-13(11)21-17(24)26-16(19-21)25-10-15(23)20(2)9-14(22)18-12-7-8-12/h3-6,12H,7-10H2,1-2H3,(H,18,22). The molecule has 6 nitrogen and oxygen atoms in total. The molecule has 3 rings (SSSR count). The van der Waals surface area contributed by atoms with Gasteiger partial charge in [-0.1, -0.05) is 41.3 Å². The number of benzene rings is 1. The molecule has 1 fully saturated rings. The van der Waals surface area contributed by atoms with E-state index in [0.717, 1.165) is 28.4 Å². The van der Waals surface area contributed by atoms with Gasteiger partial charge in [-0.05, 0) is 43.6 Å². The predicted octanol–water partition coefficient (Wildman–Crippen LogP) is 2.80. The topological polar surface area (TPSA) is 67.2 Å². The van der Waals surface area contributed by atoms with Crippen LogP contribution in [0.2, 0.25) is 0 Å². The van der Waals surface area contributed by atoms with Gasteiger partial charge in [0.05, 0.1) is 18.0 Å². The highest BCUT2D eigenvalue weighted by Crippen LogP contribution is 2.25. The summed E-state index contributed by atoms with van der Waals surface area (Å²) in [6.07, 6.45) is 2.07. The number of hydrogen-bond acceptors (Lipinski definition) is 6. The summed E-state index contributed by atoms with van der Waals surface area (Å²) in [6.45, 7) is 2.09. The number of carbonyl (C=O) groups excluding carboxylic acids is 2. The summed E-state index contributed by atoms with van der Waals surface area (Å²) in [7, 11) is 1.64. The van der Waals surface area contributed by atoms with Crippen molar-refractivity contribution in [2.24, 2.45) is 0 Å². The molecule has 0 radical (unpaired) electrons. The van der Waals surface area contributed by atoms with E-state index >= 15 is 0 Å². The van der Waals surface area contributed by atoms with E-state index in [-0.39, 0.29) is 24.1 Å². The number of thioether (sulfide) groups is 1. The van der Waals surface area contributed by atoms with Gasteiger partial charge < -0.3 is 10.2 Å². The third-order valence-electron chi connectivity index (χ3n) is 3.94. The van der Waals surface area contributed by atoms with Crippen molar-refractivity contribution < 1.29 is 9.59 Å². The van der Waals surface area contributed by atoms with Crippen LogP contribution in [0.5, 0.6) is 0 Å². The number of nitrogens with one attached hydrogen (secondary N) is 1. The minimum Gasteiger partial charge on any atom is -0.352 e. The second-order valence-corrected chi connectivity index (χ2v) is 9.06. The second-order valence-electron chi connectivity index (χ2n) is 6.21. The second kappa shape index (κ2) is 8.32. The van der Waals surface area contributed by atoms with Crippen molar-refractivity contribution in [3.8, 4) is 5.69 Å². The van der Waals surface area contributed by atoms with Crippen LogP contribution < -0.4 is 5.32 Å². The Labute approximate surface area is 165 Å². The molecule has 9 heteroatoms. The van der Waals surface area contributed by atoms with Crippen LogP contribution in [0.1, 0.15) is 18.4 Å². The molecule has 138 valence electrons. The molecular weight excluding hydrogens is 388 g/mol. The van der Waals surface area contributed by atoms with Crippen molar-refractivity contribution in [3.63, 3.8) is 0 Å². The summed E-state index contributed by atoms with van der Waals surface area (Å²) >= 11 is 8.13. The first-order valence-electron chi connectivity index (χ1n) is 8.26. The van der Waals surface area contributed by atoms with Crippen LogP contribution >= 0.6 is 35.3 Å². The monoisotopic (exact) mass is 408 g/mol. The maximum atomic E-state index is 12.2. The van der Waals surface area contributed by atoms with Crippen LogP contribution in [0.25, 0.3) is 5.69 Å². The number of nitrogens with zero attached hydrogens (tertiary/aromatic N) is 3. The smallest absolute Gasteiger partial charge is 0.239 e. The molecule has 0 saturated heterocycles. The number of hydrogen-bond donors (Lipinski definition) is 1. The molecule has 1 aliphatic rings. The number of para-hydroxylation sites is 1. The van der Waals surface area contributed by atoms with Crippen LogP contribution in [0.15, 0.2) is 28.6 Å². The highest BCUT2D eigenvalue weighted by Gasteiger charge is 2.24. The van der Waals surface area contributed by atoms with Crippen molar-refractivity contribution in [2.45, 2.75) is 30.1 Å². The molecular formula is C17H20N4O2S3. The number of carbonyl (C=O) groups is 2. The molecule has 1 N–H and O–H groups in total. The third kappa shape index (κ3) is 4.93. The van der Waals surface area contributed by atoms with E-state index in [4.69, 9.17) is 12.2 Å². The lowest BCUT2D eigenvalue weighted by atomic mass is 10.2. The number of rotatable bonds is 7. The Morgan fingerprint density at radius 1 is 1.42 bits per heavy atom. The Kier molecular flexibility index (Phi) is 6.10. The van der Waals surface area contributed by atoms with Gasteiger partial charge in [-0.2, -0.15) is 0 Å². The molecule has 1 aromatic carbocycles. The van der Waals surface area contributed by atoms with Crippen molar-refractivity contribution in [1.29, 1.82) is 0 Å². The summed E-state index contributed by atoms with van der Waals surface area (Å²) in [5.74, 6) is 0.0147. The van der Waals surface area contributed by atoms with Gasteiger partial charge in [0.25, 0.3) is 0 Å². The van der Waals surface area contributed by atoms with Gasteiger partial charge in [-0.15, -0.1) is 5.10 Å². The lowest BCUT2D eigenvalue weighted by molar-refractivity contribution is -0.132. The lowest BCUT2D eigenvalue weighted by Gasteiger charge is -2.16. The van der Waals surface area contributed by atoms with Gasteiger partial charge in [0.1, 0.15) is 0 Å². The van der Waals surface area contributed by atoms with Gasteiger partial charge in [0.2, 0.25) is 11.8 Å². The zero-order valence-corrected chi connectivity index (χ0v) is 17.0. The molecule has 0 bridgehead atoms. The maximum absolute atomic E-state index is 12.2. The number of amides is 2. The zero-order chi connectivity index (χ0) is 18.7. The van der Waals surface area contributed by atoms with Crippen LogP contribution in [0.4, 0.5) is 0 Å². The summed E-state index contributed by atoms with van der Waals surface area (Å²) in [6, 6.07) is 8.20. The normalized spacial score (nSPS) is 13.5. The van der Waals surface area contributed by atoms with Gasteiger partial charge >= 0.3 is 0 Å². The molecule has 1 heterocycles. The Morgan fingerprint density at radius 2 is 2.15 bits per heavy atom. The first kappa shape index (κ1) is 19.1. The lowest BCUT2D eigenvalue weighted by Crippen LogP contribution is -2.39. The minimum absolute atomic E-state index is 0.0866. The molecule has 0 spiro atoms. The number of aromatic nitrogens is 2. The fourth-order valence-corrected chi connectivity index (χ4v) is 4.60. The van der Waals surface area contributed by atoms with Gasteiger partial charge in [0.15, 0.2) is 8.29 Å². The van der Waals surface area contributed by atoms with Crippen molar-refractivity contribution >= 4 is 47.1 Å². The van der Waals surface area contributed by atoms with Crippen LogP contribution in [0, 0.1) is 10.9 Å². The van der Waals surface area contributed by atoms with E-state index in [1.807, 2.05) is 31.2 Å². The van der Waals surface area contributed by atoms with Gasteiger partial charge in [-0.25, -0.2) is 4.68 Å². The zero-order valence-electron chi connectivity index (χ0n) is 14.6. The van der Waals surface area contributed by atoms with E-state index in [2.05, 4.69) is 10.4 Å². The van der Waals surface area contributed by atoms with Crippen molar-refractivity contribution in [3.05, 3.63) is 33.8 Å². The average molecular weight is 409 g/mol. The Bertz CT molecular complexity index is 873. The fourth-order valence-electron chi connectivity index (χ4n) is 2.31. The Hall–Kier alpha value is -1.71. The molecule has 1 aliphatic carbocycles. The summed E-state index contributed by atoms with van der Waals surface area (Å²) in [5, 5.41) is 7.41. The summed E-state index contributed by atoms with van der Waals surface area (Å²) in [5.41, 5.74) is 2.03. The van der Waals surface area contributed by atoms with Crippen LogP contribution in [-0.2, 0) is 9.59 Å². The maximum Gasteiger partial charge on any atom is 0.239 e. The Balaban J connectivity index is 1.57. The molecule has 0 aliphatic heterocycles. The molecule has 2 aromatic rings. The van der Waals surface area contributed by atoms with Crippen LogP contribution in [0.3, 0.4) is 0 Å². The van der Waals surface area contributed by atoms with Crippen molar-refractivity contribution in [1.82, 2.24) is 20.0 Å². The largest absolute Gasteiger partial charge is 0.352 e. The summed E-state index contributed by atoms with van der Waals surface area (Å²) < 4.78 is 3.11. The molecule has 1 saturated carbocycles. The minimum atomic E-state index is -0.107. The van der Waals surface area contributed by atoms with E-state index in [1.165, 1.54) is 28.0 Å². The molecule has 1 aromatic heterocycles. The van der Waals surface area contributed by atoms with E-state index < -0.39 is 0 Å².